The van der Waals surface area contributed by atoms with Gasteiger partial charge in [0.25, 0.3) is 0 Å². The van der Waals surface area contributed by atoms with Crippen LogP contribution in [0.15, 0.2) is 29.4 Å². The van der Waals surface area contributed by atoms with Gasteiger partial charge < -0.3 is 10.2 Å². The van der Waals surface area contributed by atoms with Crippen LogP contribution in [0, 0.1) is 6.92 Å². The summed E-state index contributed by atoms with van der Waals surface area (Å²) in [4.78, 5) is 14.2. The fourth-order valence-electron chi connectivity index (χ4n) is 2.25. The molecule has 1 aromatic heterocycles. The van der Waals surface area contributed by atoms with Gasteiger partial charge >= 0.3 is 0 Å². The molecule has 7 heteroatoms. The summed E-state index contributed by atoms with van der Waals surface area (Å²) in [6.07, 6.45) is 1.60. The molecular weight excluding hydrogens is 298 g/mol. The standard InChI is InChI=1S/C15H21N5OS/c1-4-20(5-2)13-7-6-12(8-11(13)3)17-14(21)10-22-15-9-16-19-18-15/h6-9H,4-5,10H2,1-3H3,(H,17,21)(H,16,18,19). The fourth-order valence-corrected chi connectivity index (χ4v) is 2.83. The van der Waals surface area contributed by atoms with Crippen molar-refractivity contribution in [1.29, 1.82) is 0 Å². The van der Waals surface area contributed by atoms with Crippen LogP contribution in [0.25, 0.3) is 0 Å². The molecule has 1 amide bonds. The van der Waals surface area contributed by atoms with Gasteiger partial charge in [-0.2, -0.15) is 10.3 Å². The molecule has 118 valence electrons. The first-order valence-corrected chi connectivity index (χ1v) is 8.26. The van der Waals surface area contributed by atoms with Crippen molar-refractivity contribution in [2.45, 2.75) is 25.8 Å². The minimum Gasteiger partial charge on any atom is -0.372 e. The molecule has 0 saturated heterocycles. The molecule has 0 aliphatic rings. The summed E-state index contributed by atoms with van der Waals surface area (Å²) in [7, 11) is 0. The molecule has 0 aliphatic carbocycles. The number of benzene rings is 1. The minimum absolute atomic E-state index is 0.0528. The first-order chi connectivity index (χ1) is 10.6. The molecule has 0 unspecified atom stereocenters. The summed E-state index contributed by atoms with van der Waals surface area (Å²) in [6.45, 7) is 8.28. The van der Waals surface area contributed by atoms with Crippen molar-refractivity contribution >= 4 is 29.0 Å². The lowest BCUT2D eigenvalue weighted by Gasteiger charge is -2.23. The topological polar surface area (TPSA) is 73.9 Å². The van der Waals surface area contributed by atoms with Gasteiger partial charge in [0.05, 0.1) is 11.9 Å². The number of nitrogens with one attached hydrogen (secondary N) is 2. The SMILES string of the molecule is CCN(CC)c1ccc(NC(=O)CSc2cn[nH]n2)cc1C. The molecule has 0 atom stereocenters. The average molecular weight is 319 g/mol. The van der Waals surface area contributed by atoms with Gasteiger partial charge in [0.2, 0.25) is 5.91 Å². The van der Waals surface area contributed by atoms with Crippen molar-refractivity contribution in [2.75, 3.05) is 29.1 Å². The Morgan fingerprint density at radius 3 is 2.73 bits per heavy atom. The van der Waals surface area contributed by atoms with E-state index in [4.69, 9.17) is 0 Å². The maximum absolute atomic E-state index is 11.9. The molecule has 0 aliphatic heterocycles. The zero-order chi connectivity index (χ0) is 15.9. The Morgan fingerprint density at radius 1 is 1.36 bits per heavy atom. The quantitative estimate of drug-likeness (QED) is 0.768. The number of thioether (sulfide) groups is 1. The van der Waals surface area contributed by atoms with E-state index >= 15 is 0 Å². The summed E-state index contributed by atoms with van der Waals surface area (Å²) in [5, 5.41) is 13.7. The number of rotatable bonds is 7. The maximum atomic E-state index is 11.9. The number of anilines is 2. The highest BCUT2D eigenvalue weighted by Crippen LogP contribution is 2.23. The Kier molecular flexibility index (Phi) is 5.83. The molecule has 0 spiro atoms. The number of aryl methyl sites for hydroxylation is 1. The third-order valence-electron chi connectivity index (χ3n) is 3.33. The van der Waals surface area contributed by atoms with Crippen molar-refractivity contribution < 1.29 is 4.79 Å². The zero-order valence-corrected chi connectivity index (χ0v) is 13.9. The highest BCUT2D eigenvalue weighted by molar-refractivity contribution is 7.99. The van der Waals surface area contributed by atoms with E-state index in [0.29, 0.717) is 10.8 Å². The van der Waals surface area contributed by atoms with Crippen molar-refractivity contribution in [3.05, 3.63) is 30.0 Å². The van der Waals surface area contributed by atoms with Crippen LogP contribution in [0.3, 0.4) is 0 Å². The molecule has 0 fully saturated rings. The number of hydrogen-bond acceptors (Lipinski definition) is 5. The van der Waals surface area contributed by atoms with Crippen LogP contribution in [-0.4, -0.2) is 40.2 Å². The number of H-pyrrole nitrogens is 1. The van der Waals surface area contributed by atoms with Gasteiger partial charge in [-0.05, 0) is 44.5 Å². The smallest absolute Gasteiger partial charge is 0.234 e. The molecule has 0 bridgehead atoms. The first kappa shape index (κ1) is 16.4. The predicted molar refractivity (Wildman–Crippen MR) is 90.5 cm³/mol. The number of hydrogen-bond donors (Lipinski definition) is 2. The third-order valence-corrected chi connectivity index (χ3v) is 4.23. The Labute approximate surface area is 134 Å². The molecular formula is C15H21N5OS. The van der Waals surface area contributed by atoms with Gasteiger partial charge in [0.1, 0.15) is 5.03 Å². The normalized spacial score (nSPS) is 10.5. The van der Waals surface area contributed by atoms with Crippen LogP contribution in [0.1, 0.15) is 19.4 Å². The summed E-state index contributed by atoms with van der Waals surface area (Å²) in [5.74, 6) is 0.256. The Morgan fingerprint density at radius 2 is 2.14 bits per heavy atom. The lowest BCUT2D eigenvalue weighted by atomic mass is 10.1. The molecule has 22 heavy (non-hydrogen) atoms. The van der Waals surface area contributed by atoms with Crippen LogP contribution in [-0.2, 0) is 4.79 Å². The number of carbonyl (C=O) groups excluding carboxylic acids is 1. The number of amides is 1. The van der Waals surface area contributed by atoms with E-state index in [1.54, 1.807) is 6.20 Å². The van der Waals surface area contributed by atoms with E-state index in [1.165, 1.54) is 17.4 Å². The Hall–Kier alpha value is -2.02. The summed E-state index contributed by atoms with van der Waals surface area (Å²) < 4.78 is 0. The molecule has 1 heterocycles. The second-order valence-corrected chi connectivity index (χ2v) is 5.81. The van der Waals surface area contributed by atoms with Gasteiger partial charge in [-0.3, -0.25) is 4.79 Å². The van der Waals surface area contributed by atoms with Gasteiger partial charge in [0, 0.05) is 24.5 Å². The monoisotopic (exact) mass is 319 g/mol. The minimum atomic E-state index is -0.0528. The van der Waals surface area contributed by atoms with Crippen LogP contribution in [0.5, 0.6) is 0 Å². The molecule has 1 aromatic carbocycles. The average Bonchev–Trinajstić information content (AvgIpc) is 3.02. The fraction of sp³-hybridized carbons (Fsp3) is 0.400. The molecule has 2 N–H and O–H groups in total. The Bertz CT molecular complexity index is 610. The Balaban J connectivity index is 1.95. The van der Waals surface area contributed by atoms with Crippen LogP contribution >= 0.6 is 11.8 Å². The van der Waals surface area contributed by atoms with Crippen LogP contribution < -0.4 is 10.2 Å². The molecule has 2 aromatic rings. The van der Waals surface area contributed by atoms with Crippen molar-refractivity contribution in [2.24, 2.45) is 0 Å². The third kappa shape index (κ3) is 4.24. The number of aromatic nitrogens is 3. The lowest BCUT2D eigenvalue weighted by Crippen LogP contribution is -2.22. The lowest BCUT2D eigenvalue weighted by molar-refractivity contribution is -0.113. The van der Waals surface area contributed by atoms with E-state index in [1.807, 2.05) is 12.1 Å². The summed E-state index contributed by atoms with van der Waals surface area (Å²) in [5.41, 5.74) is 3.18. The van der Waals surface area contributed by atoms with E-state index in [9.17, 15) is 4.79 Å². The molecule has 0 saturated carbocycles. The highest BCUT2D eigenvalue weighted by atomic mass is 32.2. The second kappa shape index (κ2) is 7.84. The van der Waals surface area contributed by atoms with E-state index in [2.05, 4.69) is 52.5 Å². The van der Waals surface area contributed by atoms with E-state index < -0.39 is 0 Å². The predicted octanol–water partition coefficient (Wildman–Crippen LogP) is 2.69. The molecule has 2 rings (SSSR count). The van der Waals surface area contributed by atoms with E-state index in [0.717, 1.165) is 24.3 Å². The van der Waals surface area contributed by atoms with Gasteiger partial charge in [-0.15, -0.1) is 5.10 Å². The zero-order valence-electron chi connectivity index (χ0n) is 13.1. The highest BCUT2D eigenvalue weighted by Gasteiger charge is 2.09. The van der Waals surface area contributed by atoms with Gasteiger partial charge in [0.15, 0.2) is 0 Å². The summed E-state index contributed by atoms with van der Waals surface area (Å²) >= 11 is 1.35. The largest absolute Gasteiger partial charge is 0.372 e. The van der Waals surface area contributed by atoms with Gasteiger partial charge in [-0.1, -0.05) is 11.8 Å². The van der Waals surface area contributed by atoms with Gasteiger partial charge in [-0.25, -0.2) is 0 Å². The number of carbonyl (C=O) groups is 1. The van der Waals surface area contributed by atoms with Crippen molar-refractivity contribution in [3.63, 3.8) is 0 Å². The number of nitrogens with zero attached hydrogens (tertiary/aromatic N) is 3. The first-order valence-electron chi connectivity index (χ1n) is 7.28. The maximum Gasteiger partial charge on any atom is 0.234 e. The van der Waals surface area contributed by atoms with Crippen LogP contribution in [0.4, 0.5) is 11.4 Å². The molecule has 6 nitrogen and oxygen atoms in total. The van der Waals surface area contributed by atoms with Crippen LogP contribution in [0.2, 0.25) is 0 Å². The second-order valence-electron chi connectivity index (χ2n) is 4.82. The van der Waals surface area contributed by atoms with E-state index in [-0.39, 0.29) is 5.91 Å². The molecule has 0 radical (unpaired) electrons. The van der Waals surface area contributed by atoms with Crippen molar-refractivity contribution in [1.82, 2.24) is 15.4 Å². The number of aromatic amines is 1. The van der Waals surface area contributed by atoms with Crippen molar-refractivity contribution in [3.8, 4) is 0 Å². The summed E-state index contributed by atoms with van der Waals surface area (Å²) in [6, 6.07) is 6.01.